The Labute approximate surface area is 115 Å². The van der Waals surface area contributed by atoms with Crippen molar-refractivity contribution in [3.8, 4) is 0 Å². The fourth-order valence-electron chi connectivity index (χ4n) is 2.97. The van der Waals surface area contributed by atoms with E-state index in [9.17, 15) is 0 Å². The van der Waals surface area contributed by atoms with Crippen LogP contribution in [0.1, 0.15) is 36.4 Å². The number of hydrogen-bond donors (Lipinski definition) is 2. The first-order valence-electron chi connectivity index (χ1n) is 6.41. The van der Waals surface area contributed by atoms with Gasteiger partial charge in [0.2, 0.25) is 0 Å². The summed E-state index contributed by atoms with van der Waals surface area (Å²) in [6, 6.07) is 6.40. The first kappa shape index (κ1) is 11.8. The minimum atomic E-state index is 0.286. The molecule has 2 nitrogen and oxygen atoms in total. The smallest absolute Gasteiger partial charge is 0.0459 e. The summed E-state index contributed by atoms with van der Waals surface area (Å²) < 4.78 is 1.13. The van der Waals surface area contributed by atoms with E-state index < -0.39 is 0 Å². The molecule has 1 aromatic heterocycles. The number of aromatic amines is 1. The third-order valence-electron chi connectivity index (χ3n) is 3.87. The topological polar surface area (TPSA) is 41.8 Å². The molecule has 3 rings (SSSR count). The summed E-state index contributed by atoms with van der Waals surface area (Å²) in [5, 5.41) is 1.33. The molecule has 0 amide bonds. The second-order valence-corrected chi connectivity index (χ2v) is 6.00. The fourth-order valence-corrected chi connectivity index (χ4v) is 3.33. The number of H-pyrrole nitrogens is 1. The number of aromatic nitrogens is 1. The van der Waals surface area contributed by atoms with Crippen LogP contribution < -0.4 is 5.73 Å². The van der Waals surface area contributed by atoms with Crippen LogP contribution in [-0.2, 0) is 6.42 Å². The Balaban J connectivity index is 2.24. The number of hydrogen-bond acceptors (Lipinski definition) is 1. The first-order valence-corrected chi connectivity index (χ1v) is 7.20. The molecule has 0 spiro atoms. The minimum Gasteiger partial charge on any atom is -0.402 e. The van der Waals surface area contributed by atoms with Crippen molar-refractivity contribution in [1.82, 2.24) is 4.98 Å². The van der Waals surface area contributed by atoms with E-state index in [4.69, 9.17) is 5.73 Å². The highest BCUT2D eigenvalue weighted by atomic mass is 79.9. The molecular weight excluding hydrogens is 288 g/mol. The average Bonchev–Trinajstić information content (AvgIpc) is 2.55. The summed E-state index contributed by atoms with van der Waals surface area (Å²) in [5.74, 6) is 0.286. The van der Waals surface area contributed by atoms with Gasteiger partial charge in [0.15, 0.2) is 0 Å². The van der Waals surface area contributed by atoms with Crippen molar-refractivity contribution in [3.05, 3.63) is 46.2 Å². The third kappa shape index (κ3) is 1.87. The predicted octanol–water partition coefficient (Wildman–Crippen LogP) is 4.21. The zero-order valence-corrected chi connectivity index (χ0v) is 11.9. The molecule has 94 valence electrons. The van der Waals surface area contributed by atoms with E-state index in [0.29, 0.717) is 0 Å². The van der Waals surface area contributed by atoms with Crippen LogP contribution in [0.5, 0.6) is 0 Å². The molecule has 0 fully saturated rings. The quantitative estimate of drug-likeness (QED) is 0.761. The van der Waals surface area contributed by atoms with Gasteiger partial charge in [-0.1, -0.05) is 28.9 Å². The van der Waals surface area contributed by atoms with Gasteiger partial charge < -0.3 is 10.7 Å². The fraction of sp³-hybridized carbons (Fsp3) is 0.333. The Morgan fingerprint density at radius 3 is 3.00 bits per heavy atom. The Morgan fingerprint density at radius 1 is 1.39 bits per heavy atom. The minimum absolute atomic E-state index is 0.286. The van der Waals surface area contributed by atoms with Crippen LogP contribution in [0, 0.1) is 0 Å². The molecular formula is C15H17BrN2. The zero-order chi connectivity index (χ0) is 12.7. The standard InChI is InChI=1S/C15H17BrN2/c1-9(17)11-4-2-3-5-12-13-8-10(16)6-7-14(13)18-15(11)12/h6-8,11,18H,1-5,17H2. The second-order valence-electron chi connectivity index (χ2n) is 5.08. The molecule has 18 heavy (non-hydrogen) atoms. The normalized spacial score (nSPS) is 19.5. The van der Waals surface area contributed by atoms with E-state index in [-0.39, 0.29) is 5.92 Å². The lowest BCUT2D eigenvalue weighted by atomic mass is 9.96. The summed E-state index contributed by atoms with van der Waals surface area (Å²) in [4.78, 5) is 3.55. The van der Waals surface area contributed by atoms with Crippen molar-refractivity contribution >= 4 is 26.8 Å². The maximum atomic E-state index is 5.98. The SMILES string of the molecule is C=C(N)C1CCCCc2c1[nH]c1ccc(Br)cc21. The van der Waals surface area contributed by atoms with Gasteiger partial charge >= 0.3 is 0 Å². The van der Waals surface area contributed by atoms with E-state index >= 15 is 0 Å². The van der Waals surface area contributed by atoms with E-state index in [1.165, 1.54) is 35.0 Å². The van der Waals surface area contributed by atoms with Crippen molar-refractivity contribution in [2.75, 3.05) is 0 Å². The maximum absolute atomic E-state index is 5.98. The molecule has 1 aromatic carbocycles. The molecule has 1 aliphatic carbocycles. The summed E-state index contributed by atoms with van der Waals surface area (Å²) in [7, 11) is 0. The number of aryl methyl sites for hydroxylation is 1. The van der Waals surface area contributed by atoms with Crippen LogP contribution in [-0.4, -0.2) is 4.98 Å². The Morgan fingerprint density at radius 2 is 2.22 bits per heavy atom. The molecule has 1 aliphatic rings. The molecule has 1 unspecified atom stereocenters. The molecule has 0 radical (unpaired) electrons. The van der Waals surface area contributed by atoms with E-state index in [1.807, 2.05) is 0 Å². The molecule has 0 aliphatic heterocycles. The number of rotatable bonds is 1. The average molecular weight is 305 g/mol. The van der Waals surface area contributed by atoms with Crippen molar-refractivity contribution in [3.63, 3.8) is 0 Å². The van der Waals surface area contributed by atoms with E-state index in [1.54, 1.807) is 0 Å². The molecule has 3 N–H and O–H groups in total. The second kappa shape index (κ2) is 4.47. The van der Waals surface area contributed by atoms with Gasteiger partial charge in [-0.2, -0.15) is 0 Å². The van der Waals surface area contributed by atoms with Gasteiger partial charge in [0.05, 0.1) is 0 Å². The number of allylic oxidation sites excluding steroid dienone is 1. The van der Waals surface area contributed by atoms with Crippen molar-refractivity contribution in [2.24, 2.45) is 5.73 Å². The van der Waals surface area contributed by atoms with Gasteiger partial charge in [-0.05, 0) is 43.0 Å². The maximum Gasteiger partial charge on any atom is 0.0459 e. The van der Waals surface area contributed by atoms with Crippen LogP contribution >= 0.6 is 15.9 Å². The van der Waals surface area contributed by atoms with Crippen molar-refractivity contribution in [1.29, 1.82) is 0 Å². The number of nitrogens with one attached hydrogen (secondary N) is 1. The summed E-state index contributed by atoms with van der Waals surface area (Å²) in [6.45, 7) is 3.96. The van der Waals surface area contributed by atoms with Gasteiger partial charge in [0.1, 0.15) is 0 Å². The molecule has 0 saturated heterocycles. The molecule has 0 bridgehead atoms. The predicted molar refractivity (Wildman–Crippen MR) is 79.6 cm³/mol. The van der Waals surface area contributed by atoms with Gasteiger partial charge in [-0.25, -0.2) is 0 Å². The van der Waals surface area contributed by atoms with Crippen LogP contribution in [0.4, 0.5) is 0 Å². The molecule has 0 saturated carbocycles. The molecule has 3 heteroatoms. The third-order valence-corrected chi connectivity index (χ3v) is 4.36. The highest BCUT2D eigenvalue weighted by molar-refractivity contribution is 9.10. The highest BCUT2D eigenvalue weighted by Gasteiger charge is 2.23. The van der Waals surface area contributed by atoms with Gasteiger partial charge in [-0.3, -0.25) is 0 Å². The number of nitrogens with two attached hydrogens (primary N) is 1. The Hall–Kier alpha value is -1.22. The van der Waals surface area contributed by atoms with Crippen LogP contribution in [0.15, 0.2) is 34.9 Å². The van der Waals surface area contributed by atoms with Gasteiger partial charge in [0.25, 0.3) is 0 Å². The van der Waals surface area contributed by atoms with Crippen molar-refractivity contribution in [2.45, 2.75) is 31.6 Å². The van der Waals surface area contributed by atoms with E-state index in [2.05, 4.69) is 45.7 Å². The van der Waals surface area contributed by atoms with Crippen LogP contribution in [0.25, 0.3) is 10.9 Å². The lowest BCUT2D eigenvalue weighted by molar-refractivity contribution is 0.640. The molecule has 1 atom stereocenters. The largest absolute Gasteiger partial charge is 0.402 e. The summed E-state index contributed by atoms with van der Waals surface area (Å²) >= 11 is 3.55. The summed E-state index contributed by atoms with van der Waals surface area (Å²) in [6.07, 6.45) is 4.70. The molecule has 1 heterocycles. The lowest BCUT2D eigenvalue weighted by Gasteiger charge is -2.14. The monoisotopic (exact) mass is 304 g/mol. The van der Waals surface area contributed by atoms with Crippen LogP contribution in [0.2, 0.25) is 0 Å². The highest BCUT2D eigenvalue weighted by Crippen LogP contribution is 2.37. The number of halogens is 1. The first-order chi connectivity index (χ1) is 8.66. The number of fused-ring (bicyclic) bond motifs is 3. The van der Waals surface area contributed by atoms with E-state index in [0.717, 1.165) is 23.0 Å². The number of benzene rings is 1. The van der Waals surface area contributed by atoms with Gasteiger partial charge in [-0.15, -0.1) is 0 Å². The lowest BCUT2D eigenvalue weighted by Crippen LogP contribution is -2.09. The molecule has 2 aromatic rings. The summed E-state index contributed by atoms with van der Waals surface area (Å²) in [5.41, 5.74) is 10.7. The zero-order valence-electron chi connectivity index (χ0n) is 10.3. The Kier molecular flexibility index (Phi) is 2.94. The van der Waals surface area contributed by atoms with Crippen LogP contribution in [0.3, 0.4) is 0 Å². The van der Waals surface area contributed by atoms with Gasteiger partial charge in [0, 0.05) is 32.7 Å². The van der Waals surface area contributed by atoms with Crippen molar-refractivity contribution < 1.29 is 0 Å². The Bertz CT molecular complexity index is 612.